The maximum absolute atomic E-state index is 12.9. The van der Waals surface area contributed by atoms with Crippen LogP contribution in [-0.4, -0.2) is 50.4 Å². The van der Waals surface area contributed by atoms with Crippen molar-refractivity contribution in [1.29, 1.82) is 0 Å². The molecule has 1 saturated heterocycles. The van der Waals surface area contributed by atoms with Gasteiger partial charge in [-0.05, 0) is 37.1 Å². The second kappa shape index (κ2) is 6.83. The molecular formula is C14H21FN2O3S. The van der Waals surface area contributed by atoms with Gasteiger partial charge in [0.25, 0.3) is 0 Å². The molecule has 5 nitrogen and oxygen atoms in total. The second-order valence-electron chi connectivity index (χ2n) is 5.56. The second-order valence-corrected chi connectivity index (χ2v) is 7.34. The van der Waals surface area contributed by atoms with E-state index in [1.807, 2.05) is 4.90 Å². The molecule has 0 spiro atoms. The Morgan fingerprint density at radius 1 is 1.43 bits per heavy atom. The quantitative estimate of drug-likeness (QED) is 0.846. The molecule has 0 amide bonds. The first-order chi connectivity index (χ1) is 9.83. The number of sulfonamides is 1. The van der Waals surface area contributed by atoms with Crippen molar-refractivity contribution in [1.82, 2.24) is 9.62 Å². The molecule has 0 saturated carbocycles. The van der Waals surface area contributed by atoms with Crippen molar-refractivity contribution in [2.45, 2.75) is 25.0 Å². The molecule has 1 aromatic rings. The number of halogens is 1. The van der Waals surface area contributed by atoms with Gasteiger partial charge in [0, 0.05) is 19.1 Å². The molecule has 0 aliphatic carbocycles. The summed E-state index contributed by atoms with van der Waals surface area (Å²) >= 11 is 0. The van der Waals surface area contributed by atoms with E-state index in [1.165, 1.54) is 12.1 Å². The highest BCUT2D eigenvalue weighted by Gasteiger charge is 2.24. The molecule has 1 aromatic carbocycles. The summed E-state index contributed by atoms with van der Waals surface area (Å²) < 4.78 is 38.0. The number of rotatable bonds is 5. The first kappa shape index (κ1) is 16.4. The molecular weight excluding hydrogens is 295 g/mol. The number of piperidine rings is 1. The molecule has 0 radical (unpaired) electrons. The Morgan fingerprint density at radius 2 is 2.10 bits per heavy atom. The topological polar surface area (TPSA) is 69.6 Å². The Balaban J connectivity index is 1.91. The molecule has 118 valence electrons. The zero-order valence-corrected chi connectivity index (χ0v) is 12.8. The van der Waals surface area contributed by atoms with Gasteiger partial charge in [-0.3, -0.25) is 4.90 Å². The summed E-state index contributed by atoms with van der Waals surface area (Å²) in [6.45, 7) is 1.80. The van der Waals surface area contributed by atoms with E-state index in [4.69, 9.17) is 0 Å². The van der Waals surface area contributed by atoms with E-state index in [1.54, 1.807) is 12.1 Å². The highest BCUT2D eigenvalue weighted by molar-refractivity contribution is 7.88. The van der Waals surface area contributed by atoms with E-state index in [0.717, 1.165) is 25.6 Å². The normalized spacial score (nSPS) is 22.1. The lowest BCUT2D eigenvalue weighted by atomic mass is 10.0. The van der Waals surface area contributed by atoms with Crippen LogP contribution >= 0.6 is 0 Å². The zero-order chi connectivity index (χ0) is 15.5. The van der Waals surface area contributed by atoms with Crippen LogP contribution in [0.25, 0.3) is 0 Å². The zero-order valence-electron chi connectivity index (χ0n) is 12.0. The number of hydrogen-bond donors (Lipinski definition) is 2. The maximum atomic E-state index is 12.9. The van der Waals surface area contributed by atoms with Gasteiger partial charge in [0.1, 0.15) is 5.82 Å². The van der Waals surface area contributed by atoms with Crippen molar-refractivity contribution in [3.63, 3.8) is 0 Å². The standard InChI is InChI=1S/C14H21FN2O3S/c1-21(19,20)16-13-3-2-8-17(9-13)10-14(18)11-4-6-12(15)7-5-11/h4-7,13-14,16,18H,2-3,8-10H2,1H3. The Labute approximate surface area is 124 Å². The number of β-amino-alcohol motifs (C(OH)–C–C–N with tert-alkyl or cyclic N) is 1. The van der Waals surface area contributed by atoms with Crippen LogP contribution in [0.2, 0.25) is 0 Å². The van der Waals surface area contributed by atoms with Crippen LogP contribution < -0.4 is 4.72 Å². The van der Waals surface area contributed by atoms with Crippen LogP contribution in [0.4, 0.5) is 4.39 Å². The third-order valence-electron chi connectivity index (χ3n) is 3.57. The molecule has 0 bridgehead atoms. The Kier molecular flexibility index (Phi) is 5.32. The van der Waals surface area contributed by atoms with Gasteiger partial charge in [-0.15, -0.1) is 0 Å². The van der Waals surface area contributed by atoms with Crippen LogP contribution in [-0.2, 0) is 10.0 Å². The lowest BCUT2D eigenvalue weighted by molar-refractivity contribution is 0.0943. The molecule has 7 heteroatoms. The van der Waals surface area contributed by atoms with Gasteiger partial charge in [-0.1, -0.05) is 12.1 Å². The molecule has 2 rings (SSSR count). The summed E-state index contributed by atoms with van der Waals surface area (Å²) in [7, 11) is -3.21. The lowest BCUT2D eigenvalue weighted by Gasteiger charge is -2.33. The summed E-state index contributed by atoms with van der Waals surface area (Å²) in [5.41, 5.74) is 0.662. The first-order valence-corrected chi connectivity index (χ1v) is 8.86. The van der Waals surface area contributed by atoms with Gasteiger partial charge in [0.2, 0.25) is 10.0 Å². The summed E-state index contributed by atoms with van der Waals surface area (Å²) in [4.78, 5) is 2.03. The number of nitrogens with zero attached hydrogens (tertiary/aromatic N) is 1. The number of likely N-dealkylation sites (tertiary alicyclic amines) is 1. The number of nitrogens with one attached hydrogen (secondary N) is 1. The molecule has 1 heterocycles. The van der Waals surface area contributed by atoms with Crippen molar-refractivity contribution in [3.8, 4) is 0 Å². The molecule has 2 N–H and O–H groups in total. The minimum Gasteiger partial charge on any atom is -0.387 e. The van der Waals surface area contributed by atoms with Crippen LogP contribution in [0, 0.1) is 5.82 Å². The van der Waals surface area contributed by atoms with Crippen molar-refractivity contribution >= 4 is 10.0 Å². The van der Waals surface area contributed by atoms with Crippen LogP contribution in [0.15, 0.2) is 24.3 Å². The average Bonchev–Trinajstić information content (AvgIpc) is 2.37. The number of benzene rings is 1. The smallest absolute Gasteiger partial charge is 0.208 e. The van der Waals surface area contributed by atoms with Crippen LogP contribution in [0.1, 0.15) is 24.5 Å². The van der Waals surface area contributed by atoms with Crippen molar-refractivity contribution in [3.05, 3.63) is 35.6 Å². The highest BCUT2D eigenvalue weighted by atomic mass is 32.2. The van der Waals surface area contributed by atoms with Gasteiger partial charge in [-0.2, -0.15) is 0 Å². The monoisotopic (exact) mass is 316 g/mol. The van der Waals surface area contributed by atoms with Gasteiger partial charge in [0.05, 0.1) is 12.4 Å². The highest BCUT2D eigenvalue weighted by Crippen LogP contribution is 2.18. The fourth-order valence-electron chi connectivity index (χ4n) is 2.66. The molecule has 0 aromatic heterocycles. The molecule has 2 unspecified atom stereocenters. The van der Waals surface area contributed by atoms with E-state index < -0.39 is 16.1 Å². The van der Waals surface area contributed by atoms with E-state index in [9.17, 15) is 17.9 Å². The summed E-state index contributed by atoms with van der Waals surface area (Å²) in [6, 6.07) is 5.66. The Bertz CT molecular complexity index is 562. The number of aliphatic hydroxyl groups is 1. The van der Waals surface area contributed by atoms with Crippen molar-refractivity contribution < 1.29 is 17.9 Å². The minimum atomic E-state index is -3.21. The number of aliphatic hydroxyl groups excluding tert-OH is 1. The van der Waals surface area contributed by atoms with Gasteiger partial charge in [0.15, 0.2) is 0 Å². The maximum Gasteiger partial charge on any atom is 0.208 e. The molecule has 1 aliphatic heterocycles. The van der Waals surface area contributed by atoms with Gasteiger partial charge >= 0.3 is 0 Å². The van der Waals surface area contributed by atoms with E-state index >= 15 is 0 Å². The van der Waals surface area contributed by atoms with Crippen molar-refractivity contribution in [2.75, 3.05) is 25.9 Å². The third-order valence-corrected chi connectivity index (χ3v) is 4.33. The fourth-order valence-corrected chi connectivity index (χ4v) is 3.45. The Hall–Kier alpha value is -1.02. The fraction of sp³-hybridized carbons (Fsp3) is 0.571. The first-order valence-electron chi connectivity index (χ1n) is 6.97. The summed E-state index contributed by atoms with van der Waals surface area (Å²) in [5, 5.41) is 10.2. The largest absolute Gasteiger partial charge is 0.387 e. The van der Waals surface area contributed by atoms with Crippen LogP contribution in [0.3, 0.4) is 0 Å². The molecule has 21 heavy (non-hydrogen) atoms. The SMILES string of the molecule is CS(=O)(=O)NC1CCCN(CC(O)c2ccc(F)cc2)C1. The third kappa shape index (κ3) is 5.35. The predicted octanol–water partition coefficient (Wildman–Crippen LogP) is 0.873. The van der Waals surface area contributed by atoms with Crippen LogP contribution in [0.5, 0.6) is 0 Å². The number of hydrogen-bond acceptors (Lipinski definition) is 4. The lowest BCUT2D eigenvalue weighted by Crippen LogP contribution is -2.48. The van der Waals surface area contributed by atoms with E-state index in [-0.39, 0.29) is 11.9 Å². The predicted molar refractivity (Wildman–Crippen MR) is 78.8 cm³/mol. The molecule has 1 fully saturated rings. The summed E-state index contributed by atoms with van der Waals surface area (Å²) in [6.07, 6.45) is 2.13. The Morgan fingerprint density at radius 3 is 2.71 bits per heavy atom. The van der Waals surface area contributed by atoms with Crippen molar-refractivity contribution in [2.24, 2.45) is 0 Å². The average molecular weight is 316 g/mol. The van der Waals surface area contributed by atoms with E-state index in [2.05, 4.69) is 4.72 Å². The van der Waals surface area contributed by atoms with Gasteiger partial charge < -0.3 is 5.11 Å². The van der Waals surface area contributed by atoms with E-state index in [0.29, 0.717) is 18.7 Å². The molecule has 2 atom stereocenters. The summed E-state index contributed by atoms with van der Waals surface area (Å²) in [5.74, 6) is -0.332. The van der Waals surface area contributed by atoms with Gasteiger partial charge in [-0.25, -0.2) is 17.5 Å². The minimum absolute atomic E-state index is 0.117. The molecule has 1 aliphatic rings.